The SMILES string of the molecule is COC(=O)C1CCC(NC(=O)c2cc(-c3ccc(C(=N)N)cc3)nn(CC(=O)N(C)C)c2=O)CC1. The Morgan fingerprint density at radius 3 is 2.34 bits per heavy atom. The molecule has 1 aliphatic rings. The molecule has 2 amide bonds. The Morgan fingerprint density at radius 1 is 1.17 bits per heavy atom. The third-order valence-corrected chi connectivity index (χ3v) is 6.09. The summed E-state index contributed by atoms with van der Waals surface area (Å²) in [5.74, 6) is -1.44. The molecule has 1 heterocycles. The maximum Gasteiger partial charge on any atom is 0.308 e. The van der Waals surface area contributed by atoms with Crippen molar-refractivity contribution in [2.24, 2.45) is 11.7 Å². The van der Waals surface area contributed by atoms with E-state index in [9.17, 15) is 19.2 Å². The Morgan fingerprint density at radius 2 is 1.80 bits per heavy atom. The summed E-state index contributed by atoms with van der Waals surface area (Å²) in [4.78, 5) is 51.6. The van der Waals surface area contributed by atoms with Crippen molar-refractivity contribution in [2.75, 3.05) is 21.2 Å². The number of rotatable bonds is 7. The number of aromatic nitrogens is 2. The minimum Gasteiger partial charge on any atom is -0.469 e. The van der Waals surface area contributed by atoms with Crippen LogP contribution < -0.4 is 16.6 Å². The molecular weight excluding hydrogens is 452 g/mol. The number of carbonyl (C=O) groups excluding carboxylic acids is 3. The summed E-state index contributed by atoms with van der Waals surface area (Å²) in [7, 11) is 4.49. The molecule has 0 atom stereocenters. The minimum atomic E-state index is -0.676. The molecule has 0 aliphatic heterocycles. The minimum absolute atomic E-state index is 0.0898. The molecule has 11 heteroatoms. The van der Waals surface area contributed by atoms with Gasteiger partial charge in [0.25, 0.3) is 11.5 Å². The van der Waals surface area contributed by atoms with Crippen molar-refractivity contribution in [3.63, 3.8) is 0 Å². The fourth-order valence-electron chi connectivity index (χ4n) is 3.95. The quantitative estimate of drug-likeness (QED) is 0.298. The summed E-state index contributed by atoms with van der Waals surface area (Å²) in [5.41, 5.74) is 6.14. The maximum atomic E-state index is 13.1. The maximum absolute atomic E-state index is 13.1. The van der Waals surface area contributed by atoms with Gasteiger partial charge >= 0.3 is 5.97 Å². The van der Waals surface area contributed by atoms with Crippen molar-refractivity contribution in [1.29, 1.82) is 5.41 Å². The molecule has 0 unspecified atom stereocenters. The van der Waals surface area contributed by atoms with Crippen LogP contribution in [0.1, 0.15) is 41.6 Å². The number of methoxy groups -OCH3 is 1. The van der Waals surface area contributed by atoms with Gasteiger partial charge in [0.2, 0.25) is 5.91 Å². The number of hydrogen-bond acceptors (Lipinski definition) is 7. The zero-order chi connectivity index (χ0) is 25.7. The zero-order valence-electron chi connectivity index (χ0n) is 20.0. The van der Waals surface area contributed by atoms with E-state index in [-0.39, 0.29) is 41.8 Å². The molecule has 1 aliphatic carbocycles. The summed E-state index contributed by atoms with van der Waals surface area (Å²) < 4.78 is 5.79. The van der Waals surface area contributed by atoms with E-state index in [4.69, 9.17) is 15.9 Å². The van der Waals surface area contributed by atoms with Crippen molar-refractivity contribution in [1.82, 2.24) is 20.0 Å². The van der Waals surface area contributed by atoms with Crippen molar-refractivity contribution >= 4 is 23.6 Å². The van der Waals surface area contributed by atoms with Crippen molar-refractivity contribution in [3.05, 3.63) is 51.8 Å². The Labute approximate surface area is 202 Å². The number of nitrogens with one attached hydrogen (secondary N) is 2. The summed E-state index contributed by atoms with van der Waals surface area (Å²) in [6.45, 7) is -0.324. The topological polar surface area (TPSA) is 160 Å². The van der Waals surface area contributed by atoms with Gasteiger partial charge in [-0.2, -0.15) is 5.10 Å². The molecule has 0 saturated heterocycles. The molecule has 11 nitrogen and oxygen atoms in total. The number of amides is 2. The highest BCUT2D eigenvalue weighted by Gasteiger charge is 2.28. The highest BCUT2D eigenvalue weighted by Crippen LogP contribution is 2.25. The van der Waals surface area contributed by atoms with Crippen LogP contribution in [-0.4, -0.2) is 65.5 Å². The molecule has 1 fully saturated rings. The smallest absolute Gasteiger partial charge is 0.308 e. The largest absolute Gasteiger partial charge is 0.469 e. The van der Waals surface area contributed by atoms with Gasteiger partial charge in [0.1, 0.15) is 17.9 Å². The second-order valence-corrected chi connectivity index (χ2v) is 8.73. The normalized spacial score (nSPS) is 17.3. The number of ether oxygens (including phenoxy) is 1. The van der Waals surface area contributed by atoms with Crippen molar-refractivity contribution in [2.45, 2.75) is 38.3 Å². The number of nitrogen functional groups attached to an aromatic ring is 1. The lowest BCUT2D eigenvalue weighted by molar-refractivity contribution is -0.146. The Bertz CT molecular complexity index is 1180. The third kappa shape index (κ3) is 6.11. The van der Waals surface area contributed by atoms with Crippen LogP contribution in [0.5, 0.6) is 0 Å². The molecule has 4 N–H and O–H groups in total. The van der Waals surface area contributed by atoms with Crippen LogP contribution in [0.15, 0.2) is 35.1 Å². The van der Waals surface area contributed by atoms with Gasteiger partial charge in [-0.25, -0.2) is 4.68 Å². The van der Waals surface area contributed by atoms with Gasteiger partial charge in [0.15, 0.2) is 0 Å². The molecular formula is C24H30N6O5. The van der Waals surface area contributed by atoms with Crippen LogP contribution in [0.3, 0.4) is 0 Å². The van der Waals surface area contributed by atoms with E-state index in [0.717, 1.165) is 4.68 Å². The van der Waals surface area contributed by atoms with Crippen molar-refractivity contribution < 1.29 is 19.1 Å². The van der Waals surface area contributed by atoms with E-state index in [2.05, 4.69) is 10.4 Å². The van der Waals surface area contributed by atoms with E-state index in [0.29, 0.717) is 42.5 Å². The Balaban J connectivity index is 1.90. The average molecular weight is 483 g/mol. The van der Waals surface area contributed by atoms with E-state index in [1.165, 1.54) is 18.1 Å². The molecule has 0 spiro atoms. The van der Waals surface area contributed by atoms with Crippen molar-refractivity contribution in [3.8, 4) is 11.3 Å². The predicted molar refractivity (Wildman–Crippen MR) is 129 cm³/mol. The number of esters is 1. The van der Waals surface area contributed by atoms with Gasteiger partial charge in [-0.3, -0.25) is 24.6 Å². The Hall–Kier alpha value is -4.02. The van der Waals surface area contributed by atoms with Gasteiger partial charge in [-0.15, -0.1) is 0 Å². The van der Waals surface area contributed by atoms with E-state index >= 15 is 0 Å². The van der Waals surface area contributed by atoms with Crippen LogP contribution in [0.2, 0.25) is 0 Å². The number of hydrogen-bond donors (Lipinski definition) is 3. The van der Waals surface area contributed by atoms with Gasteiger partial charge < -0.3 is 20.7 Å². The zero-order valence-corrected chi connectivity index (χ0v) is 20.0. The lowest BCUT2D eigenvalue weighted by Crippen LogP contribution is -2.42. The first-order valence-corrected chi connectivity index (χ1v) is 11.3. The lowest BCUT2D eigenvalue weighted by atomic mass is 9.86. The Kier molecular flexibility index (Phi) is 8.00. The molecule has 0 bridgehead atoms. The number of nitrogens with two attached hydrogens (primary N) is 1. The molecule has 2 aromatic rings. The molecule has 3 rings (SSSR count). The fraction of sp³-hybridized carbons (Fsp3) is 0.417. The molecule has 0 radical (unpaired) electrons. The first kappa shape index (κ1) is 25.6. The number of likely N-dealkylation sites (N-methyl/N-ethyl adjacent to an activating group) is 1. The van der Waals surface area contributed by atoms with Crippen LogP contribution in [0, 0.1) is 11.3 Å². The summed E-state index contributed by atoms with van der Waals surface area (Å²) >= 11 is 0. The third-order valence-electron chi connectivity index (χ3n) is 6.09. The first-order chi connectivity index (χ1) is 16.6. The number of nitrogens with zero attached hydrogens (tertiary/aromatic N) is 3. The summed E-state index contributed by atoms with van der Waals surface area (Å²) in [6, 6.07) is 7.84. The van der Waals surface area contributed by atoms with E-state index < -0.39 is 11.5 Å². The second kappa shape index (κ2) is 10.9. The molecule has 1 aromatic heterocycles. The molecule has 1 aromatic carbocycles. The highest BCUT2D eigenvalue weighted by atomic mass is 16.5. The van der Waals surface area contributed by atoms with Gasteiger partial charge in [0.05, 0.1) is 18.7 Å². The molecule has 1 saturated carbocycles. The molecule has 186 valence electrons. The standard InChI is InChI=1S/C24H30N6O5/c1-29(2)20(31)13-30-23(33)18(12-19(28-30)14-4-6-15(7-5-14)21(25)26)22(32)27-17-10-8-16(9-11-17)24(34)35-3/h4-7,12,16-17H,8-11,13H2,1-3H3,(H3,25,26)(H,27,32). The van der Waals surface area contributed by atoms with Crippen LogP contribution in [0.25, 0.3) is 11.3 Å². The first-order valence-electron chi connectivity index (χ1n) is 11.3. The highest BCUT2D eigenvalue weighted by molar-refractivity contribution is 5.96. The second-order valence-electron chi connectivity index (χ2n) is 8.73. The number of carbonyl (C=O) groups is 3. The molecule has 35 heavy (non-hydrogen) atoms. The fourth-order valence-corrected chi connectivity index (χ4v) is 3.95. The summed E-state index contributed by atoms with van der Waals surface area (Å²) in [5, 5.41) is 14.7. The van der Waals surface area contributed by atoms with E-state index in [1.807, 2.05) is 0 Å². The van der Waals surface area contributed by atoms with Gasteiger partial charge in [0, 0.05) is 31.3 Å². The number of benzene rings is 1. The number of amidine groups is 1. The van der Waals surface area contributed by atoms with Gasteiger partial charge in [-0.1, -0.05) is 24.3 Å². The van der Waals surface area contributed by atoms with Gasteiger partial charge in [-0.05, 0) is 31.7 Å². The predicted octanol–water partition coefficient (Wildman–Crippen LogP) is 0.744. The van der Waals surface area contributed by atoms with Crippen LogP contribution in [0.4, 0.5) is 0 Å². The monoisotopic (exact) mass is 482 g/mol. The van der Waals surface area contributed by atoms with Crippen LogP contribution >= 0.6 is 0 Å². The average Bonchev–Trinajstić information content (AvgIpc) is 2.85. The van der Waals surface area contributed by atoms with Crippen LogP contribution in [-0.2, 0) is 20.9 Å². The summed E-state index contributed by atoms with van der Waals surface area (Å²) in [6.07, 6.45) is 2.35. The lowest BCUT2D eigenvalue weighted by Gasteiger charge is -2.27. The van der Waals surface area contributed by atoms with E-state index in [1.54, 1.807) is 38.4 Å².